The minimum absolute atomic E-state index is 0.238. The van der Waals surface area contributed by atoms with E-state index < -0.39 is 0 Å². The van der Waals surface area contributed by atoms with Crippen molar-refractivity contribution in [2.45, 2.75) is 40.2 Å². The van der Waals surface area contributed by atoms with Crippen LogP contribution in [0.25, 0.3) is 5.65 Å². The summed E-state index contributed by atoms with van der Waals surface area (Å²) >= 11 is 0. The van der Waals surface area contributed by atoms with Gasteiger partial charge in [0.05, 0.1) is 11.4 Å². The molecule has 106 valence electrons. The number of carbonyl (C=O) groups is 1. The van der Waals surface area contributed by atoms with Gasteiger partial charge in [-0.05, 0) is 12.8 Å². The quantitative estimate of drug-likeness (QED) is 0.840. The first-order chi connectivity index (χ1) is 9.54. The molecule has 0 radical (unpaired) electrons. The van der Waals surface area contributed by atoms with Crippen molar-refractivity contribution in [3.8, 4) is 0 Å². The minimum atomic E-state index is 0.238. The van der Waals surface area contributed by atoms with Crippen molar-refractivity contribution >= 4 is 11.6 Å². The molecule has 0 aromatic carbocycles. The summed E-state index contributed by atoms with van der Waals surface area (Å²) in [6, 6.07) is 1.98. The van der Waals surface area contributed by atoms with Crippen LogP contribution in [0.1, 0.15) is 37.2 Å². The van der Waals surface area contributed by atoms with Crippen molar-refractivity contribution in [2.24, 2.45) is 5.92 Å². The Bertz CT molecular complexity index is 659. The largest absolute Gasteiger partial charge is 0.338 e. The minimum Gasteiger partial charge on any atom is -0.338 e. The van der Waals surface area contributed by atoms with Gasteiger partial charge in [-0.25, -0.2) is 9.50 Å². The highest BCUT2D eigenvalue weighted by Crippen LogP contribution is 2.20. The molecule has 1 aliphatic rings. The standard InChI is InChI=1S/C15H20N4O/c1-10(2)6-15(20)18-5-4-13-12(9-18)8-16-14-7-11(3)17-19(13)14/h7-8,10H,4-6,9H2,1-3H3. The van der Waals surface area contributed by atoms with Gasteiger partial charge < -0.3 is 4.90 Å². The second-order valence-electron chi connectivity index (χ2n) is 5.95. The molecule has 0 fully saturated rings. The third-order valence-electron chi connectivity index (χ3n) is 3.71. The van der Waals surface area contributed by atoms with Crippen LogP contribution in [0.2, 0.25) is 0 Å². The Morgan fingerprint density at radius 3 is 3.00 bits per heavy atom. The van der Waals surface area contributed by atoms with Crippen molar-refractivity contribution in [2.75, 3.05) is 6.54 Å². The monoisotopic (exact) mass is 272 g/mol. The Kier molecular flexibility index (Phi) is 3.20. The Balaban J connectivity index is 1.88. The fraction of sp³-hybridized carbons (Fsp3) is 0.533. The van der Waals surface area contributed by atoms with Crippen LogP contribution in [0.3, 0.4) is 0 Å². The summed E-state index contributed by atoms with van der Waals surface area (Å²) in [5, 5.41) is 4.50. The molecule has 0 bridgehead atoms. The van der Waals surface area contributed by atoms with Gasteiger partial charge in [-0.3, -0.25) is 4.79 Å². The first-order valence-corrected chi connectivity index (χ1v) is 7.15. The highest BCUT2D eigenvalue weighted by molar-refractivity contribution is 5.76. The lowest BCUT2D eigenvalue weighted by Gasteiger charge is -2.29. The van der Waals surface area contributed by atoms with E-state index in [1.165, 1.54) is 5.69 Å². The number of rotatable bonds is 2. The smallest absolute Gasteiger partial charge is 0.223 e. The molecule has 0 unspecified atom stereocenters. The zero-order chi connectivity index (χ0) is 14.3. The Hall–Kier alpha value is -1.91. The zero-order valence-electron chi connectivity index (χ0n) is 12.3. The first kappa shape index (κ1) is 13.1. The molecule has 3 heterocycles. The number of carbonyl (C=O) groups excluding carboxylic acids is 1. The fourth-order valence-corrected chi connectivity index (χ4v) is 2.75. The molecule has 3 rings (SSSR count). The number of amides is 1. The number of hydrogen-bond acceptors (Lipinski definition) is 3. The molecule has 2 aromatic rings. The van der Waals surface area contributed by atoms with E-state index in [1.807, 2.05) is 28.6 Å². The van der Waals surface area contributed by atoms with Crippen molar-refractivity contribution in [3.05, 3.63) is 29.2 Å². The van der Waals surface area contributed by atoms with Crippen LogP contribution < -0.4 is 0 Å². The van der Waals surface area contributed by atoms with Gasteiger partial charge in [-0.2, -0.15) is 5.10 Å². The first-order valence-electron chi connectivity index (χ1n) is 7.15. The Morgan fingerprint density at radius 2 is 2.25 bits per heavy atom. The predicted octanol–water partition coefficient (Wildman–Crippen LogP) is 1.97. The molecule has 0 aliphatic carbocycles. The van der Waals surface area contributed by atoms with Gasteiger partial charge in [-0.15, -0.1) is 0 Å². The van der Waals surface area contributed by atoms with E-state index in [2.05, 4.69) is 23.9 Å². The number of fused-ring (bicyclic) bond motifs is 3. The molecule has 0 spiro atoms. The van der Waals surface area contributed by atoms with Crippen molar-refractivity contribution in [1.82, 2.24) is 19.5 Å². The summed E-state index contributed by atoms with van der Waals surface area (Å²) < 4.78 is 1.93. The molecular formula is C15H20N4O. The maximum absolute atomic E-state index is 12.2. The summed E-state index contributed by atoms with van der Waals surface area (Å²) in [5.74, 6) is 0.639. The van der Waals surface area contributed by atoms with E-state index in [1.54, 1.807) is 0 Å². The number of hydrogen-bond donors (Lipinski definition) is 0. The second-order valence-corrected chi connectivity index (χ2v) is 5.95. The number of nitrogens with zero attached hydrogens (tertiary/aromatic N) is 4. The van der Waals surface area contributed by atoms with Crippen molar-refractivity contribution in [3.63, 3.8) is 0 Å². The van der Waals surface area contributed by atoms with Crippen LogP contribution in [-0.4, -0.2) is 31.9 Å². The molecule has 1 aliphatic heterocycles. The molecule has 2 aromatic heterocycles. The molecule has 5 heteroatoms. The number of aryl methyl sites for hydroxylation is 1. The molecule has 20 heavy (non-hydrogen) atoms. The van der Waals surface area contributed by atoms with Crippen molar-refractivity contribution < 1.29 is 4.79 Å². The molecule has 1 amide bonds. The topological polar surface area (TPSA) is 50.5 Å². The third kappa shape index (κ3) is 2.28. The van der Waals surface area contributed by atoms with Gasteiger partial charge in [0.2, 0.25) is 5.91 Å². The molecule has 0 saturated heterocycles. The Morgan fingerprint density at radius 1 is 1.45 bits per heavy atom. The average molecular weight is 272 g/mol. The lowest BCUT2D eigenvalue weighted by molar-refractivity contribution is -0.132. The molecule has 0 atom stereocenters. The summed E-state index contributed by atoms with van der Waals surface area (Å²) in [5.41, 5.74) is 4.17. The molecular weight excluding hydrogens is 252 g/mol. The van der Waals surface area contributed by atoms with E-state index in [4.69, 9.17) is 0 Å². The second kappa shape index (κ2) is 4.89. The normalized spacial score (nSPS) is 14.9. The Labute approximate surface area is 118 Å². The summed E-state index contributed by atoms with van der Waals surface area (Å²) in [6.45, 7) is 7.56. The van der Waals surface area contributed by atoms with Gasteiger partial charge >= 0.3 is 0 Å². The zero-order valence-corrected chi connectivity index (χ0v) is 12.3. The molecule has 5 nitrogen and oxygen atoms in total. The molecule has 0 N–H and O–H groups in total. The predicted molar refractivity (Wildman–Crippen MR) is 76.3 cm³/mol. The van der Waals surface area contributed by atoms with E-state index in [0.29, 0.717) is 18.9 Å². The molecule has 0 saturated carbocycles. The van der Waals surface area contributed by atoms with E-state index in [0.717, 1.165) is 29.9 Å². The summed E-state index contributed by atoms with van der Waals surface area (Å²) in [4.78, 5) is 18.5. The fourth-order valence-electron chi connectivity index (χ4n) is 2.75. The van der Waals surface area contributed by atoms with Crippen LogP contribution in [0.5, 0.6) is 0 Å². The average Bonchev–Trinajstić information content (AvgIpc) is 2.78. The lowest BCUT2D eigenvalue weighted by Crippen LogP contribution is -2.37. The van der Waals surface area contributed by atoms with E-state index in [-0.39, 0.29) is 5.91 Å². The highest BCUT2D eigenvalue weighted by Gasteiger charge is 2.23. The van der Waals surface area contributed by atoms with Crippen LogP contribution in [0.15, 0.2) is 12.3 Å². The van der Waals surface area contributed by atoms with Crippen LogP contribution in [-0.2, 0) is 17.8 Å². The van der Waals surface area contributed by atoms with Gasteiger partial charge in [0.15, 0.2) is 5.65 Å². The van der Waals surface area contributed by atoms with Crippen LogP contribution in [0, 0.1) is 12.8 Å². The van der Waals surface area contributed by atoms with Gasteiger partial charge in [-0.1, -0.05) is 13.8 Å². The maximum atomic E-state index is 12.2. The third-order valence-corrected chi connectivity index (χ3v) is 3.71. The van der Waals surface area contributed by atoms with Crippen LogP contribution in [0.4, 0.5) is 0 Å². The van der Waals surface area contributed by atoms with Gasteiger partial charge in [0.1, 0.15) is 0 Å². The van der Waals surface area contributed by atoms with E-state index in [9.17, 15) is 4.79 Å². The highest BCUT2D eigenvalue weighted by atomic mass is 16.2. The summed E-state index contributed by atoms with van der Waals surface area (Å²) in [7, 11) is 0. The van der Waals surface area contributed by atoms with E-state index >= 15 is 0 Å². The SMILES string of the molecule is Cc1cc2ncc3c(n2n1)CCN(C(=O)CC(C)C)C3. The maximum Gasteiger partial charge on any atom is 0.223 e. The van der Waals surface area contributed by atoms with Gasteiger partial charge in [0.25, 0.3) is 0 Å². The van der Waals surface area contributed by atoms with Crippen LogP contribution >= 0.6 is 0 Å². The number of aromatic nitrogens is 3. The van der Waals surface area contributed by atoms with Crippen molar-refractivity contribution in [1.29, 1.82) is 0 Å². The lowest BCUT2D eigenvalue weighted by atomic mass is 10.0. The van der Waals surface area contributed by atoms with Gasteiger partial charge in [0, 0.05) is 43.8 Å². The summed E-state index contributed by atoms with van der Waals surface area (Å²) in [6.07, 6.45) is 3.35.